The Bertz CT molecular complexity index is 324. The Hall–Kier alpha value is -1.09. The van der Waals surface area contributed by atoms with Crippen LogP contribution in [0.2, 0.25) is 0 Å². The van der Waals surface area contributed by atoms with E-state index < -0.39 is 0 Å². The first-order valence-corrected chi connectivity index (χ1v) is 5.92. The van der Waals surface area contributed by atoms with Gasteiger partial charge in [0.25, 0.3) is 0 Å². The van der Waals surface area contributed by atoms with E-state index in [2.05, 4.69) is 18.8 Å². The molecule has 1 aromatic heterocycles. The normalized spacial score (nSPS) is 10.8. The van der Waals surface area contributed by atoms with Gasteiger partial charge in [-0.15, -0.1) is 0 Å². The number of pyridine rings is 1. The Labute approximate surface area is 98.0 Å². The molecule has 0 unspecified atom stereocenters. The summed E-state index contributed by atoms with van der Waals surface area (Å²) in [6.45, 7) is 7.68. The minimum Gasteiger partial charge on any atom is -0.477 e. The van der Waals surface area contributed by atoms with Gasteiger partial charge in [0.05, 0.1) is 6.61 Å². The smallest absolute Gasteiger partial charge is 0.218 e. The van der Waals surface area contributed by atoms with Crippen LogP contribution in [-0.4, -0.2) is 11.6 Å². The molecule has 0 atom stereocenters. The van der Waals surface area contributed by atoms with Gasteiger partial charge in [-0.25, -0.2) is 4.98 Å². The topological polar surface area (TPSA) is 48.1 Å². The number of rotatable bonds is 6. The minimum absolute atomic E-state index is 0.485. The fraction of sp³-hybridized carbons (Fsp3) is 0.615. The van der Waals surface area contributed by atoms with Crippen LogP contribution < -0.4 is 10.5 Å². The van der Waals surface area contributed by atoms with Gasteiger partial charge >= 0.3 is 0 Å². The Morgan fingerprint density at radius 1 is 1.44 bits per heavy atom. The fourth-order valence-electron chi connectivity index (χ4n) is 1.60. The Morgan fingerprint density at radius 3 is 2.81 bits per heavy atom. The third-order valence-corrected chi connectivity index (χ3v) is 2.62. The predicted octanol–water partition coefficient (Wildman–Crippen LogP) is 2.66. The Morgan fingerprint density at radius 2 is 2.19 bits per heavy atom. The van der Waals surface area contributed by atoms with Gasteiger partial charge in [-0.2, -0.15) is 0 Å². The summed E-state index contributed by atoms with van der Waals surface area (Å²) in [4.78, 5) is 4.22. The van der Waals surface area contributed by atoms with Crippen LogP contribution in [0.25, 0.3) is 0 Å². The van der Waals surface area contributed by atoms with E-state index in [4.69, 9.17) is 10.5 Å². The van der Waals surface area contributed by atoms with Gasteiger partial charge in [0.2, 0.25) is 5.88 Å². The maximum atomic E-state index is 5.68. The number of hydrogen-bond donors (Lipinski definition) is 1. The van der Waals surface area contributed by atoms with Crippen molar-refractivity contribution in [2.45, 2.75) is 40.2 Å². The van der Waals surface area contributed by atoms with Gasteiger partial charge in [0.1, 0.15) is 0 Å². The average Bonchev–Trinajstić information content (AvgIpc) is 2.24. The molecular weight excluding hydrogens is 200 g/mol. The molecule has 90 valence electrons. The van der Waals surface area contributed by atoms with Crippen LogP contribution in [0.15, 0.2) is 12.3 Å². The van der Waals surface area contributed by atoms with Crippen molar-refractivity contribution in [1.82, 2.24) is 4.98 Å². The van der Waals surface area contributed by atoms with Crippen molar-refractivity contribution in [1.29, 1.82) is 0 Å². The summed E-state index contributed by atoms with van der Waals surface area (Å²) in [5.74, 6) is 1.43. The van der Waals surface area contributed by atoms with Crippen LogP contribution in [0.5, 0.6) is 5.88 Å². The van der Waals surface area contributed by atoms with E-state index in [9.17, 15) is 0 Å². The van der Waals surface area contributed by atoms with Gasteiger partial charge < -0.3 is 10.5 Å². The van der Waals surface area contributed by atoms with Crippen molar-refractivity contribution in [2.24, 2.45) is 11.7 Å². The number of aromatic nitrogens is 1. The van der Waals surface area contributed by atoms with E-state index in [0.717, 1.165) is 30.1 Å². The van der Waals surface area contributed by atoms with E-state index >= 15 is 0 Å². The monoisotopic (exact) mass is 222 g/mol. The molecule has 0 bridgehead atoms. The zero-order chi connectivity index (χ0) is 12.0. The highest BCUT2D eigenvalue weighted by atomic mass is 16.5. The number of nitrogens with zero attached hydrogens (tertiary/aromatic N) is 1. The number of ether oxygens (including phenoxy) is 1. The molecule has 1 heterocycles. The van der Waals surface area contributed by atoms with Crippen molar-refractivity contribution in [3.05, 3.63) is 23.4 Å². The number of hydrogen-bond acceptors (Lipinski definition) is 3. The molecule has 3 heteroatoms. The number of nitrogens with two attached hydrogens (primary N) is 1. The first-order chi connectivity index (χ1) is 7.65. The third kappa shape index (κ3) is 3.81. The van der Waals surface area contributed by atoms with Crippen molar-refractivity contribution < 1.29 is 4.74 Å². The summed E-state index contributed by atoms with van der Waals surface area (Å²) in [5, 5.41) is 0. The van der Waals surface area contributed by atoms with Crippen LogP contribution in [0, 0.1) is 12.8 Å². The van der Waals surface area contributed by atoms with E-state index in [1.54, 1.807) is 6.20 Å². The van der Waals surface area contributed by atoms with Crippen molar-refractivity contribution >= 4 is 0 Å². The summed E-state index contributed by atoms with van der Waals surface area (Å²) in [7, 11) is 0. The molecule has 0 spiro atoms. The van der Waals surface area contributed by atoms with Gasteiger partial charge in [0.15, 0.2) is 0 Å². The molecule has 0 aromatic carbocycles. The molecule has 0 aliphatic carbocycles. The summed E-state index contributed by atoms with van der Waals surface area (Å²) in [6, 6.07) is 1.96. The first-order valence-electron chi connectivity index (χ1n) is 5.92. The zero-order valence-corrected chi connectivity index (χ0v) is 10.5. The van der Waals surface area contributed by atoms with Crippen molar-refractivity contribution in [3.63, 3.8) is 0 Å². The lowest BCUT2D eigenvalue weighted by molar-refractivity contribution is 0.284. The lowest BCUT2D eigenvalue weighted by Crippen LogP contribution is -2.07. The highest BCUT2D eigenvalue weighted by Crippen LogP contribution is 2.18. The van der Waals surface area contributed by atoms with Crippen LogP contribution in [-0.2, 0) is 6.54 Å². The molecule has 0 radical (unpaired) electrons. The van der Waals surface area contributed by atoms with Gasteiger partial charge in [-0.3, -0.25) is 0 Å². The molecule has 0 aliphatic rings. The van der Waals surface area contributed by atoms with Crippen LogP contribution >= 0.6 is 0 Å². The standard InChI is InChI=1S/C13H22N2O/c1-10(2)5-4-8-16-13-12(9-14)11(3)6-7-15-13/h6-7,10H,4-5,8-9,14H2,1-3H3. The summed E-state index contributed by atoms with van der Waals surface area (Å²) in [6.07, 6.45) is 4.02. The van der Waals surface area contributed by atoms with E-state index in [-0.39, 0.29) is 0 Å². The number of aryl methyl sites for hydroxylation is 1. The molecule has 0 saturated heterocycles. The molecule has 1 aromatic rings. The second kappa shape index (κ2) is 6.48. The third-order valence-electron chi connectivity index (χ3n) is 2.62. The maximum Gasteiger partial charge on any atom is 0.218 e. The molecule has 0 saturated carbocycles. The fourth-order valence-corrected chi connectivity index (χ4v) is 1.60. The molecule has 0 aliphatic heterocycles. The quantitative estimate of drug-likeness (QED) is 0.753. The Balaban J connectivity index is 2.50. The van der Waals surface area contributed by atoms with Crippen molar-refractivity contribution in [2.75, 3.05) is 6.61 Å². The molecule has 16 heavy (non-hydrogen) atoms. The summed E-state index contributed by atoms with van der Waals surface area (Å²) in [5.41, 5.74) is 7.85. The molecule has 2 N–H and O–H groups in total. The van der Waals surface area contributed by atoms with Crippen LogP contribution in [0.3, 0.4) is 0 Å². The second-order valence-corrected chi connectivity index (χ2v) is 4.50. The lowest BCUT2D eigenvalue weighted by Gasteiger charge is -2.11. The minimum atomic E-state index is 0.485. The highest BCUT2D eigenvalue weighted by Gasteiger charge is 2.06. The molecule has 1 rings (SSSR count). The van der Waals surface area contributed by atoms with E-state index in [1.807, 2.05) is 13.0 Å². The van der Waals surface area contributed by atoms with E-state index in [1.165, 1.54) is 6.42 Å². The predicted molar refractivity (Wildman–Crippen MR) is 66.4 cm³/mol. The SMILES string of the molecule is Cc1ccnc(OCCCC(C)C)c1CN. The van der Waals surface area contributed by atoms with Crippen molar-refractivity contribution in [3.8, 4) is 5.88 Å². The van der Waals surface area contributed by atoms with Crippen LogP contribution in [0.1, 0.15) is 37.8 Å². The van der Waals surface area contributed by atoms with Gasteiger partial charge in [-0.1, -0.05) is 13.8 Å². The van der Waals surface area contributed by atoms with E-state index in [0.29, 0.717) is 12.4 Å². The Kier molecular flexibility index (Phi) is 5.26. The van der Waals surface area contributed by atoms with Gasteiger partial charge in [-0.05, 0) is 37.3 Å². The maximum absolute atomic E-state index is 5.68. The average molecular weight is 222 g/mol. The lowest BCUT2D eigenvalue weighted by atomic mass is 10.1. The highest BCUT2D eigenvalue weighted by molar-refractivity contribution is 5.33. The molecule has 0 fully saturated rings. The largest absolute Gasteiger partial charge is 0.477 e. The van der Waals surface area contributed by atoms with Crippen LogP contribution in [0.4, 0.5) is 0 Å². The summed E-state index contributed by atoms with van der Waals surface area (Å²) < 4.78 is 5.67. The molecular formula is C13H22N2O. The second-order valence-electron chi connectivity index (χ2n) is 4.50. The molecule has 0 amide bonds. The first kappa shape index (κ1) is 13.0. The summed E-state index contributed by atoms with van der Waals surface area (Å²) >= 11 is 0. The zero-order valence-electron chi connectivity index (χ0n) is 10.5. The van der Waals surface area contributed by atoms with Gasteiger partial charge in [0, 0.05) is 18.3 Å². The molecule has 3 nitrogen and oxygen atoms in total.